The van der Waals surface area contributed by atoms with Gasteiger partial charge in [-0.3, -0.25) is 19.0 Å². The van der Waals surface area contributed by atoms with Crippen LogP contribution < -0.4 is 0 Å². The van der Waals surface area contributed by atoms with Crippen molar-refractivity contribution in [2.45, 2.75) is 52.0 Å². The number of carbonyl (C=O) groups excluding carboxylic acids is 2. The molecule has 8 heteroatoms. The van der Waals surface area contributed by atoms with Crippen LogP contribution in [0.25, 0.3) is 0 Å². The third-order valence-corrected chi connectivity index (χ3v) is 6.75. The minimum absolute atomic E-state index is 0.0775. The molecule has 4 aromatic rings. The lowest BCUT2D eigenvalue weighted by Crippen LogP contribution is -2.22. The van der Waals surface area contributed by atoms with Crippen LogP contribution in [0.5, 0.6) is 0 Å². The van der Waals surface area contributed by atoms with Crippen LogP contribution in [-0.2, 0) is 22.6 Å². The number of hydrogen-bond acceptors (Lipinski definition) is 6. The molecule has 0 bridgehead atoms. The predicted octanol–water partition coefficient (Wildman–Crippen LogP) is 5.19. The predicted molar refractivity (Wildman–Crippen MR) is 142 cm³/mol. The van der Waals surface area contributed by atoms with E-state index >= 15 is 0 Å². The standard InChI is InChI=1S/2C15H16N2O2/c2*1-2-14(18)12-10-13-15(11-6-4-3-5-7-11)19-9-8-17(13)16-12/h2*3-7,10,15H,2,8-9H2,1H3/t2*15-/m10/s1. The second-order valence-corrected chi connectivity index (χ2v) is 9.23. The van der Waals surface area contributed by atoms with Gasteiger partial charge in [0.25, 0.3) is 0 Å². The largest absolute Gasteiger partial charge is 0.365 e. The Morgan fingerprint density at radius 3 is 1.47 bits per heavy atom. The van der Waals surface area contributed by atoms with Gasteiger partial charge in [-0.25, -0.2) is 0 Å². The van der Waals surface area contributed by atoms with E-state index in [0.717, 1.165) is 22.5 Å². The summed E-state index contributed by atoms with van der Waals surface area (Å²) in [5, 5.41) is 8.77. The SMILES string of the molecule is CCC(=O)c1cc2n(n1)CCO[C@@H]2c1ccccc1.CCC(=O)c1cc2n(n1)CCO[C@H]2c1ccccc1. The summed E-state index contributed by atoms with van der Waals surface area (Å²) >= 11 is 0. The first-order valence-corrected chi connectivity index (χ1v) is 13.1. The fourth-order valence-electron chi connectivity index (χ4n) is 4.75. The molecule has 196 valence electrons. The Hall–Kier alpha value is -3.88. The summed E-state index contributed by atoms with van der Waals surface area (Å²) in [4.78, 5) is 23.5. The average Bonchev–Trinajstić information content (AvgIpc) is 3.62. The number of rotatable bonds is 6. The molecule has 0 spiro atoms. The van der Waals surface area contributed by atoms with Gasteiger partial charge in [-0.05, 0) is 23.3 Å². The van der Waals surface area contributed by atoms with E-state index in [4.69, 9.17) is 9.47 Å². The van der Waals surface area contributed by atoms with Crippen LogP contribution in [0.15, 0.2) is 72.8 Å². The van der Waals surface area contributed by atoms with Crippen LogP contribution in [0.3, 0.4) is 0 Å². The molecular formula is C30H32N4O4. The second-order valence-electron chi connectivity index (χ2n) is 9.23. The molecule has 0 fully saturated rings. The summed E-state index contributed by atoms with van der Waals surface area (Å²) in [6, 6.07) is 23.8. The number of ketones is 2. The van der Waals surface area contributed by atoms with E-state index in [1.165, 1.54) is 0 Å². The maximum Gasteiger partial charge on any atom is 0.182 e. The molecule has 2 aromatic carbocycles. The fourth-order valence-corrected chi connectivity index (χ4v) is 4.75. The molecule has 0 N–H and O–H groups in total. The van der Waals surface area contributed by atoms with Crippen LogP contribution in [-0.4, -0.2) is 44.3 Å². The molecule has 0 amide bonds. The van der Waals surface area contributed by atoms with Gasteiger partial charge in [0.1, 0.15) is 23.6 Å². The summed E-state index contributed by atoms with van der Waals surface area (Å²) in [6.45, 7) is 6.35. The van der Waals surface area contributed by atoms with E-state index in [9.17, 15) is 9.59 Å². The molecule has 6 rings (SSSR count). The quantitative estimate of drug-likeness (QED) is 0.330. The summed E-state index contributed by atoms with van der Waals surface area (Å²) < 4.78 is 15.5. The highest BCUT2D eigenvalue weighted by Crippen LogP contribution is 2.31. The summed E-state index contributed by atoms with van der Waals surface area (Å²) in [5.41, 5.74) is 5.22. The Kier molecular flexibility index (Phi) is 7.91. The molecule has 0 saturated heterocycles. The molecular weight excluding hydrogens is 480 g/mol. The lowest BCUT2D eigenvalue weighted by Gasteiger charge is -2.24. The Balaban J connectivity index is 0.000000155. The number of hydrogen-bond donors (Lipinski definition) is 0. The van der Waals surface area contributed by atoms with E-state index in [1.807, 2.05) is 96.0 Å². The molecule has 0 aliphatic carbocycles. The lowest BCUT2D eigenvalue weighted by molar-refractivity contribution is 0.0421. The number of nitrogens with zero attached hydrogens (tertiary/aromatic N) is 4. The maximum absolute atomic E-state index is 11.8. The Morgan fingerprint density at radius 2 is 1.11 bits per heavy atom. The van der Waals surface area contributed by atoms with Gasteiger partial charge in [0.05, 0.1) is 37.7 Å². The van der Waals surface area contributed by atoms with E-state index in [1.54, 1.807) is 0 Å². The smallest absolute Gasteiger partial charge is 0.182 e. The monoisotopic (exact) mass is 512 g/mol. The van der Waals surface area contributed by atoms with Crippen LogP contribution in [0.4, 0.5) is 0 Å². The Morgan fingerprint density at radius 1 is 0.711 bits per heavy atom. The first-order valence-electron chi connectivity index (χ1n) is 13.1. The first-order chi connectivity index (χ1) is 18.6. The average molecular weight is 513 g/mol. The molecule has 0 radical (unpaired) electrons. The van der Waals surface area contributed by atoms with E-state index in [0.29, 0.717) is 50.5 Å². The summed E-state index contributed by atoms with van der Waals surface area (Å²) in [5.74, 6) is 0.155. The van der Waals surface area contributed by atoms with Crippen molar-refractivity contribution in [3.05, 3.63) is 107 Å². The van der Waals surface area contributed by atoms with E-state index in [2.05, 4.69) is 10.2 Å². The molecule has 2 aliphatic heterocycles. The fraction of sp³-hybridized carbons (Fsp3) is 0.333. The summed E-state index contributed by atoms with van der Waals surface area (Å²) in [6.07, 6.45) is 0.711. The van der Waals surface area contributed by atoms with Crippen molar-refractivity contribution in [2.75, 3.05) is 13.2 Å². The zero-order valence-corrected chi connectivity index (χ0v) is 21.7. The molecule has 2 aromatic heterocycles. The van der Waals surface area contributed by atoms with Gasteiger partial charge in [0.2, 0.25) is 0 Å². The first kappa shape index (κ1) is 25.8. The number of ether oxygens (including phenoxy) is 2. The minimum Gasteiger partial charge on any atom is -0.365 e. The van der Waals surface area contributed by atoms with Crippen LogP contribution in [0.1, 0.15) is 82.4 Å². The summed E-state index contributed by atoms with van der Waals surface area (Å²) in [7, 11) is 0. The third kappa shape index (κ3) is 5.37. The number of fused-ring (bicyclic) bond motifs is 2. The van der Waals surface area contributed by atoms with Gasteiger partial charge in [-0.2, -0.15) is 10.2 Å². The van der Waals surface area contributed by atoms with Gasteiger partial charge in [-0.1, -0.05) is 74.5 Å². The van der Waals surface area contributed by atoms with Crippen LogP contribution >= 0.6 is 0 Å². The molecule has 0 unspecified atom stereocenters. The minimum atomic E-state index is -0.124. The molecule has 2 atom stereocenters. The molecule has 4 heterocycles. The zero-order chi connectivity index (χ0) is 26.5. The van der Waals surface area contributed by atoms with E-state index < -0.39 is 0 Å². The second kappa shape index (κ2) is 11.7. The lowest BCUT2D eigenvalue weighted by atomic mass is 10.0. The van der Waals surface area contributed by atoms with Gasteiger partial charge >= 0.3 is 0 Å². The maximum atomic E-state index is 11.8. The van der Waals surface area contributed by atoms with Crippen molar-refractivity contribution in [3.63, 3.8) is 0 Å². The van der Waals surface area contributed by atoms with Gasteiger partial charge in [-0.15, -0.1) is 0 Å². The number of benzene rings is 2. The highest BCUT2D eigenvalue weighted by molar-refractivity contribution is 5.94. The molecule has 8 nitrogen and oxygen atoms in total. The third-order valence-electron chi connectivity index (χ3n) is 6.75. The van der Waals surface area contributed by atoms with Gasteiger partial charge in [0.15, 0.2) is 11.6 Å². The van der Waals surface area contributed by atoms with Crippen LogP contribution in [0, 0.1) is 0 Å². The molecule has 0 saturated carbocycles. The molecule has 2 aliphatic rings. The van der Waals surface area contributed by atoms with Gasteiger partial charge < -0.3 is 9.47 Å². The van der Waals surface area contributed by atoms with Crippen molar-refractivity contribution in [1.29, 1.82) is 0 Å². The Labute approximate surface area is 222 Å². The zero-order valence-electron chi connectivity index (χ0n) is 21.7. The number of Topliss-reactive ketones (excluding diaryl/α,β-unsaturated/α-hetero) is 2. The topological polar surface area (TPSA) is 88.2 Å². The van der Waals surface area contributed by atoms with E-state index in [-0.39, 0.29) is 23.8 Å². The van der Waals surface area contributed by atoms with Crippen molar-refractivity contribution in [2.24, 2.45) is 0 Å². The highest BCUT2D eigenvalue weighted by Gasteiger charge is 2.27. The van der Waals surface area contributed by atoms with Crippen molar-refractivity contribution in [1.82, 2.24) is 19.6 Å². The van der Waals surface area contributed by atoms with Crippen LogP contribution in [0.2, 0.25) is 0 Å². The van der Waals surface area contributed by atoms with Crippen molar-refractivity contribution < 1.29 is 19.1 Å². The number of aromatic nitrogens is 4. The van der Waals surface area contributed by atoms with Crippen molar-refractivity contribution in [3.8, 4) is 0 Å². The Bertz CT molecular complexity index is 1290. The highest BCUT2D eigenvalue weighted by atomic mass is 16.5. The molecule has 38 heavy (non-hydrogen) atoms. The van der Waals surface area contributed by atoms with Gasteiger partial charge in [0, 0.05) is 12.8 Å². The normalized spacial score (nSPS) is 18.1. The number of carbonyl (C=O) groups is 2. The van der Waals surface area contributed by atoms with Crippen molar-refractivity contribution >= 4 is 11.6 Å².